The molecule has 1 fully saturated rings. The lowest BCUT2D eigenvalue weighted by Gasteiger charge is -2.26. The standard InChI is InChI=1S/C16H24N2O3/c1-5-8-21-14-11(2)9-13(10-17-14)18-15(19)16(3,20-4)12-6-7-12/h9-10,12H,5-8H2,1-4H3,(H,18,19)/t16-/m1/s1. The molecule has 0 bridgehead atoms. The summed E-state index contributed by atoms with van der Waals surface area (Å²) >= 11 is 0. The van der Waals surface area contributed by atoms with E-state index >= 15 is 0 Å². The maximum Gasteiger partial charge on any atom is 0.256 e. The van der Waals surface area contributed by atoms with Gasteiger partial charge in [0.1, 0.15) is 5.60 Å². The number of hydrogen-bond donors (Lipinski definition) is 1. The number of pyridine rings is 1. The zero-order chi connectivity index (χ0) is 15.5. The van der Waals surface area contributed by atoms with Gasteiger partial charge < -0.3 is 14.8 Å². The van der Waals surface area contributed by atoms with Crippen molar-refractivity contribution in [2.45, 2.75) is 45.6 Å². The van der Waals surface area contributed by atoms with Crippen LogP contribution in [0.25, 0.3) is 0 Å². The highest BCUT2D eigenvalue weighted by Crippen LogP contribution is 2.42. The van der Waals surface area contributed by atoms with Crippen LogP contribution in [0, 0.1) is 12.8 Å². The topological polar surface area (TPSA) is 60.5 Å². The van der Waals surface area contributed by atoms with Crippen LogP contribution in [0.5, 0.6) is 5.88 Å². The van der Waals surface area contributed by atoms with Crippen LogP contribution in [-0.4, -0.2) is 30.2 Å². The lowest BCUT2D eigenvalue weighted by Crippen LogP contribution is -2.44. The van der Waals surface area contributed by atoms with Gasteiger partial charge in [-0.25, -0.2) is 4.98 Å². The lowest BCUT2D eigenvalue weighted by atomic mass is 9.99. The highest BCUT2D eigenvalue weighted by Gasteiger charge is 2.47. The number of carbonyl (C=O) groups is 1. The first kappa shape index (κ1) is 15.8. The monoisotopic (exact) mass is 292 g/mol. The molecule has 2 rings (SSSR count). The van der Waals surface area contributed by atoms with E-state index in [1.165, 1.54) is 0 Å². The summed E-state index contributed by atoms with van der Waals surface area (Å²) < 4.78 is 11.0. The summed E-state index contributed by atoms with van der Waals surface area (Å²) in [6.45, 7) is 6.46. The predicted octanol–water partition coefficient (Wildman–Crippen LogP) is 2.93. The molecule has 1 amide bonds. The predicted molar refractivity (Wildman–Crippen MR) is 81.5 cm³/mol. The van der Waals surface area contributed by atoms with Crippen LogP contribution in [-0.2, 0) is 9.53 Å². The Kier molecular flexibility index (Phi) is 4.83. The van der Waals surface area contributed by atoms with Crippen molar-refractivity contribution in [3.05, 3.63) is 17.8 Å². The third-order valence-corrected chi connectivity index (χ3v) is 3.96. The van der Waals surface area contributed by atoms with Gasteiger partial charge >= 0.3 is 0 Å². The third kappa shape index (κ3) is 3.53. The molecule has 0 aliphatic heterocycles. The number of aromatic nitrogens is 1. The maximum atomic E-state index is 12.4. The van der Waals surface area contributed by atoms with Gasteiger partial charge in [-0.2, -0.15) is 0 Å². The fourth-order valence-corrected chi connectivity index (χ4v) is 2.31. The molecule has 0 aromatic carbocycles. The van der Waals surface area contributed by atoms with Crippen molar-refractivity contribution in [2.24, 2.45) is 5.92 Å². The molecule has 5 heteroatoms. The molecule has 21 heavy (non-hydrogen) atoms. The lowest BCUT2D eigenvalue weighted by molar-refractivity contribution is -0.138. The van der Waals surface area contributed by atoms with Crippen molar-refractivity contribution in [1.29, 1.82) is 0 Å². The number of carbonyl (C=O) groups excluding carboxylic acids is 1. The van der Waals surface area contributed by atoms with E-state index in [-0.39, 0.29) is 5.91 Å². The van der Waals surface area contributed by atoms with E-state index in [1.54, 1.807) is 13.3 Å². The number of ether oxygens (including phenoxy) is 2. The van der Waals surface area contributed by atoms with Crippen LogP contribution >= 0.6 is 0 Å². The summed E-state index contributed by atoms with van der Waals surface area (Å²) in [4.78, 5) is 16.7. The summed E-state index contributed by atoms with van der Waals surface area (Å²) in [6, 6.07) is 1.87. The number of anilines is 1. The first-order valence-corrected chi connectivity index (χ1v) is 7.47. The van der Waals surface area contributed by atoms with E-state index in [0.717, 1.165) is 24.8 Å². The highest BCUT2D eigenvalue weighted by molar-refractivity contribution is 5.97. The van der Waals surface area contributed by atoms with Gasteiger partial charge in [-0.3, -0.25) is 4.79 Å². The van der Waals surface area contributed by atoms with Crippen LogP contribution in [0.15, 0.2) is 12.3 Å². The third-order valence-electron chi connectivity index (χ3n) is 3.96. The molecule has 1 atom stereocenters. The van der Waals surface area contributed by atoms with E-state index in [1.807, 2.05) is 26.8 Å². The van der Waals surface area contributed by atoms with Crippen molar-refractivity contribution in [2.75, 3.05) is 19.0 Å². The van der Waals surface area contributed by atoms with Crippen LogP contribution in [0.3, 0.4) is 0 Å². The average Bonchev–Trinajstić information content (AvgIpc) is 3.30. The van der Waals surface area contributed by atoms with Gasteiger partial charge in [-0.15, -0.1) is 0 Å². The molecule has 5 nitrogen and oxygen atoms in total. The second kappa shape index (κ2) is 6.43. The molecule has 0 radical (unpaired) electrons. The summed E-state index contributed by atoms with van der Waals surface area (Å²) in [6.07, 6.45) is 4.64. The molecule has 1 saturated carbocycles. The average molecular weight is 292 g/mol. The smallest absolute Gasteiger partial charge is 0.256 e. The molecular formula is C16H24N2O3. The fraction of sp³-hybridized carbons (Fsp3) is 0.625. The second-order valence-corrected chi connectivity index (χ2v) is 5.73. The maximum absolute atomic E-state index is 12.4. The number of aryl methyl sites for hydroxylation is 1. The Labute approximate surface area is 126 Å². The Morgan fingerprint density at radius 1 is 1.52 bits per heavy atom. The van der Waals surface area contributed by atoms with Crippen LogP contribution in [0.4, 0.5) is 5.69 Å². The molecule has 1 heterocycles. The zero-order valence-corrected chi connectivity index (χ0v) is 13.2. The van der Waals surface area contributed by atoms with E-state index in [2.05, 4.69) is 10.3 Å². The number of rotatable bonds is 7. The number of nitrogens with zero attached hydrogens (tertiary/aromatic N) is 1. The Morgan fingerprint density at radius 3 is 2.76 bits per heavy atom. The van der Waals surface area contributed by atoms with Crippen LogP contribution in [0.2, 0.25) is 0 Å². The Bertz CT molecular complexity index is 514. The molecule has 0 spiro atoms. The van der Waals surface area contributed by atoms with E-state index in [0.29, 0.717) is 24.1 Å². The van der Waals surface area contributed by atoms with E-state index in [4.69, 9.17) is 9.47 Å². The van der Waals surface area contributed by atoms with Gasteiger partial charge in [0.2, 0.25) is 5.88 Å². The van der Waals surface area contributed by atoms with Crippen molar-refractivity contribution < 1.29 is 14.3 Å². The number of amides is 1. The minimum atomic E-state index is -0.759. The summed E-state index contributed by atoms with van der Waals surface area (Å²) in [5.41, 5.74) is 0.822. The van der Waals surface area contributed by atoms with Crippen molar-refractivity contribution in [3.63, 3.8) is 0 Å². The quantitative estimate of drug-likeness (QED) is 0.839. The zero-order valence-electron chi connectivity index (χ0n) is 13.2. The molecular weight excluding hydrogens is 268 g/mol. The Hall–Kier alpha value is -1.62. The van der Waals surface area contributed by atoms with E-state index < -0.39 is 5.60 Å². The summed E-state index contributed by atoms with van der Waals surface area (Å²) in [7, 11) is 1.59. The van der Waals surface area contributed by atoms with Crippen molar-refractivity contribution >= 4 is 11.6 Å². The number of methoxy groups -OCH3 is 1. The molecule has 1 N–H and O–H groups in total. The number of nitrogens with one attached hydrogen (secondary N) is 1. The van der Waals surface area contributed by atoms with Crippen molar-refractivity contribution in [1.82, 2.24) is 4.98 Å². The van der Waals surface area contributed by atoms with Gasteiger partial charge in [-0.05, 0) is 45.1 Å². The van der Waals surface area contributed by atoms with Crippen molar-refractivity contribution in [3.8, 4) is 5.88 Å². The Balaban J connectivity index is 2.05. The van der Waals surface area contributed by atoms with Crippen LogP contribution < -0.4 is 10.1 Å². The summed E-state index contributed by atoms with van der Waals surface area (Å²) in [5.74, 6) is 0.811. The van der Waals surface area contributed by atoms with Gasteiger partial charge in [0.25, 0.3) is 5.91 Å². The molecule has 1 aliphatic carbocycles. The molecule has 1 aromatic heterocycles. The molecule has 1 aromatic rings. The van der Waals surface area contributed by atoms with Gasteiger partial charge in [0, 0.05) is 12.7 Å². The van der Waals surface area contributed by atoms with Gasteiger partial charge in [0.05, 0.1) is 18.5 Å². The highest BCUT2D eigenvalue weighted by atomic mass is 16.5. The normalized spacial score (nSPS) is 17.1. The Morgan fingerprint density at radius 2 is 2.24 bits per heavy atom. The molecule has 0 saturated heterocycles. The van der Waals surface area contributed by atoms with Gasteiger partial charge in [0.15, 0.2) is 0 Å². The minimum Gasteiger partial charge on any atom is -0.477 e. The minimum absolute atomic E-state index is 0.115. The van der Waals surface area contributed by atoms with Gasteiger partial charge in [-0.1, -0.05) is 6.92 Å². The molecule has 1 aliphatic rings. The summed E-state index contributed by atoms with van der Waals surface area (Å²) in [5, 5.41) is 2.90. The SMILES string of the molecule is CCCOc1ncc(NC(=O)[C@](C)(OC)C2CC2)cc1C. The molecule has 116 valence electrons. The molecule has 0 unspecified atom stereocenters. The first-order chi connectivity index (χ1) is 10.0. The van der Waals surface area contributed by atoms with E-state index in [9.17, 15) is 4.79 Å². The number of hydrogen-bond acceptors (Lipinski definition) is 4. The largest absolute Gasteiger partial charge is 0.477 e. The first-order valence-electron chi connectivity index (χ1n) is 7.47. The second-order valence-electron chi connectivity index (χ2n) is 5.73. The fourth-order valence-electron chi connectivity index (χ4n) is 2.31. The van der Waals surface area contributed by atoms with Crippen LogP contribution in [0.1, 0.15) is 38.7 Å².